The first kappa shape index (κ1) is 29.0. The molecule has 222 valence electrons. The normalized spacial score (nSPS) is 44.7. The predicted octanol–water partition coefficient (Wildman–Crippen LogP) is 2.51. The fraction of sp³-hybridized carbons (Fsp3) is 0.828. The van der Waals surface area contributed by atoms with Crippen molar-refractivity contribution in [3.8, 4) is 0 Å². The highest BCUT2D eigenvalue weighted by molar-refractivity contribution is 5.85. The van der Waals surface area contributed by atoms with Crippen LogP contribution in [0.25, 0.3) is 0 Å². The van der Waals surface area contributed by atoms with Crippen LogP contribution in [0.5, 0.6) is 0 Å². The third-order valence-electron chi connectivity index (χ3n) is 11.0. The number of ketones is 1. The van der Waals surface area contributed by atoms with Crippen LogP contribution in [0.2, 0.25) is 0 Å². The van der Waals surface area contributed by atoms with Crippen molar-refractivity contribution in [1.82, 2.24) is 0 Å². The second-order valence-electron chi connectivity index (χ2n) is 12.7. The van der Waals surface area contributed by atoms with Gasteiger partial charge >= 0.3 is 23.9 Å². The third kappa shape index (κ3) is 4.26. The Morgan fingerprint density at radius 2 is 1.48 bits per heavy atom. The summed E-state index contributed by atoms with van der Waals surface area (Å²) >= 11 is 0. The van der Waals surface area contributed by atoms with Gasteiger partial charge in [-0.3, -0.25) is 24.0 Å². The SMILES string of the molecule is CC(=O)OC[C@@H]1O[C@H](OC[C@H]2CC(=O)[C@@H]3C[C@]4(C)[C@H]5CC[C@]2(C5)[C@]34C)[C@@H](OC(C)=O)[C@H](OC(C)=O)[C@H]1OC(C)=O. The van der Waals surface area contributed by atoms with Gasteiger partial charge in [0.05, 0.1) is 6.61 Å². The van der Waals surface area contributed by atoms with E-state index in [-0.39, 0.29) is 47.1 Å². The summed E-state index contributed by atoms with van der Waals surface area (Å²) in [6.07, 6.45) is -1.47. The van der Waals surface area contributed by atoms with Crippen LogP contribution in [-0.4, -0.2) is 73.6 Å². The predicted molar refractivity (Wildman–Crippen MR) is 135 cm³/mol. The Morgan fingerprint density at radius 3 is 2.10 bits per heavy atom. The summed E-state index contributed by atoms with van der Waals surface area (Å²) in [7, 11) is 0. The molecule has 11 nitrogen and oxygen atoms in total. The minimum atomic E-state index is -1.28. The van der Waals surface area contributed by atoms with Gasteiger partial charge in [-0.05, 0) is 53.8 Å². The molecule has 1 heterocycles. The fourth-order valence-corrected chi connectivity index (χ4v) is 9.27. The van der Waals surface area contributed by atoms with Crippen LogP contribution in [-0.2, 0) is 52.4 Å². The lowest BCUT2D eigenvalue weighted by atomic mass is 9.32. The highest BCUT2D eigenvalue weighted by Crippen LogP contribution is 2.86. The molecule has 2 bridgehead atoms. The molecule has 0 amide bonds. The van der Waals surface area contributed by atoms with E-state index in [0.717, 1.165) is 25.7 Å². The minimum Gasteiger partial charge on any atom is -0.463 e. The molecule has 11 atom stereocenters. The average Bonchev–Trinajstić information content (AvgIpc) is 3.36. The van der Waals surface area contributed by atoms with Crippen molar-refractivity contribution in [1.29, 1.82) is 0 Å². The lowest BCUT2D eigenvalue weighted by Gasteiger charge is -2.71. The molecule has 4 aliphatic carbocycles. The molecule has 11 heteroatoms. The Hall–Kier alpha value is -2.53. The number of ether oxygens (including phenoxy) is 6. The average molecular weight is 565 g/mol. The summed E-state index contributed by atoms with van der Waals surface area (Å²) in [5.74, 6) is -1.76. The molecule has 40 heavy (non-hydrogen) atoms. The number of hydrogen-bond donors (Lipinski definition) is 0. The van der Waals surface area contributed by atoms with E-state index in [1.54, 1.807) is 0 Å². The van der Waals surface area contributed by atoms with Crippen molar-refractivity contribution in [2.75, 3.05) is 13.2 Å². The van der Waals surface area contributed by atoms with E-state index in [2.05, 4.69) is 13.8 Å². The van der Waals surface area contributed by atoms with Crippen molar-refractivity contribution in [3.05, 3.63) is 0 Å². The molecular formula is C29H40O11. The molecule has 0 aromatic carbocycles. The number of Topliss-reactive ketones (excluding diaryl/α,β-unsaturated/α-hetero) is 1. The van der Waals surface area contributed by atoms with Gasteiger partial charge in [-0.1, -0.05) is 13.8 Å². The maximum absolute atomic E-state index is 13.3. The van der Waals surface area contributed by atoms with Crippen molar-refractivity contribution in [2.45, 2.75) is 104 Å². The third-order valence-corrected chi connectivity index (χ3v) is 11.0. The highest BCUT2D eigenvalue weighted by atomic mass is 16.7. The Balaban J connectivity index is 1.42. The Labute approximate surface area is 233 Å². The van der Waals surface area contributed by atoms with E-state index in [0.29, 0.717) is 12.3 Å². The lowest BCUT2D eigenvalue weighted by molar-refractivity contribution is -0.314. The van der Waals surface area contributed by atoms with E-state index in [1.807, 2.05) is 0 Å². The van der Waals surface area contributed by atoms with Gasteiger partial charge in [-0.15, -0.1) is 0 Å². The molecule has 4 saturated carbocycles. The summed E-state index contributed by atoms with van der Waals surface area (Å²) in [4.78, 5) is 61.1. The second kappa shape index (κ2) is 10.1. The number of carbonyl (C=O) groups is 5. The van der Waals surface area contributed by atoms with Crippen LogP contribution in [0, 0.1) is 34.0 Å². The largest absolute Gasteiger partial charge is 0.463 e. The molecule has 0 radical (unpaired) electrons. The molecule has 0 unspecified atom stereocenters. The number of hydrogen-bond acceptors (Lipinski definition) is 11. The van der Waals surface area contributed by atoms with E-state index in [4.69, 9.17) is 28.4 Å². The maximum atomic E-state index is 13.3. The monoisotopic (exact) mass is 564 g/mol. The van der Waals surface area contributed by atoms with Crippen LogP contribution in [0.4, 0.5) is 0 Å². The van der Waals surface area contributed by atoms with Gasteiger partial charge in [0.1, 0.15) is 18.5 Å². The van der Waals surface area contributed by atoms with Crippen molar-refractivity contribution in [3.63, 3.8) is 0 Å². The van der Waals surface area contributed by atoms with E-state index < -0.39 is 54.6 Å². The Kier molecular flexibility index (Phi) is 7.30. The smallest absolute Gasteiger partial charge is 0.303 e. The Bertz CT molecular complexity index is 1100. The minimum absolute atomic E-state index is 0.0262. The molecule has 1 saturated heterocycles. The zero-order valence-corrected chi connectivity index (χ0v) is 24.1. The molecule has 1 aliphatic heterocycles. The maximum Gasteiger partial charge on any atom is 0.303 e. The van der Waals surface area contributed by atoms with E-state index >= 15 is 0 Å². The topological polar surface area (TPSA) is 141 Å². The number of rotatable bonds is 8. The molecular weight excluding hydrogens is 524 g/mol. The first-order chi connectivity index (χ1) is 18.7. The van der Waals surface area contributed by atoms with Crippen LogP contribution < -0.4 is 0 Å². The van der Waals surface area contributed by atoms with Crippen LogP contribution >= 0.6 is 0 Å². The molecule has 0 N–H and O–H groups in total. The molecule has 5 aliphatic rings. The number of fused-ring (bicyclic) bond motifs is 2. The quantitative estimate of drug-likeness (QED) is 0.317. The summed E-state index contributed by atoms with van der Waals surface area (Å²) in [6, 6.07) is 0. The van der Waals surface area contributed by atoms with Crippen LogP contribution in [0.3, 0.4) is 0 Å². The van der Waals surface area contributed by atoms with Crippen molar-refractivity contribution < 1.29 is 52.4 Å². The number of esters is 4. The Morgan fingerprint density at radius 1 is 0.850 bits per heavy atom. The first-order valence-electron chi connectivity index (χ1n) is 14.2. The zero-order chi connectivity index (χ0) is 29.2. The van der Waals surface area contributed by atoms with Crippen LogP contribution in [0.1, 0.15) is 73.6 Å². The van der Waals surface area contributed by atoms with E-state index in [9.17, 15) is 24.0 Å². The van der Waals surface area contributed by atoms with Gasteiger partial charge in [-0.2, -0.15) is 0 Å². The highest BCUT2D eigenvalue weighted by Gasteiger charge is 2.82. The van der Waals surface area contributed by atoms with Crippen molar-refractivity contribution in [2.24, 2.45) is 34.0 Å². The van der Waals surface area contributed by atoms with E-state index in [1.165, 1.54) is 27.7 Å². The lowest BCUT2D eigenvalue weighted by Crippen LogP contribution is -2.69. The van der Waals surface area contributed by atoms with Gasteiger partial charge in [-0.25, -0.2) is 0 Å². The number of carbonyl (C=O) groups excluding carboxylic acids is 5. The van der Waals surface area contributed by atoms with Gasteiger partial charge in [0.2, 0.25) is 0 Å². The van der Waals surface area contributed by atoms with Crippen LogP contribution in [0.15, 0.2) is 0 Å². The summed E-state index contributed by atoms with van der Waals surface area (Å²) in [5.41, 5.74) is 0.0494. The molecule has 0 aromatic heterocycles. The fourth-order valence-electron chi connectivity index (χ4n) is 9.27. The van der Waals surface area contributed by atoms with Gasteiger partial charge in [0, 0.05) is 40.0 Å². The van der Waals surface area contributed by atoms with Gasteiger partial charge in [0.25, 0.3) is 0 Å². The molecule has 5 fully saturated rings. The summed E-state index contributed by atoms with van der Waals surface area (Å²) in [6.45, 7) is 9.26. The molecule has 1 spiro atoms. The zero-order valence-electron chi connectivity index (χ0n) is 24.1. The summed E-state index contributed by atoms with van der Waals surface area (Å²) in [5, 5.41) is 0. The summed E-state index contributed by atoms with van der Waals surface area (Å²) < 4.78 is 34.1. The molecule has 5 rings (SSSR count). The second-order valence-corrected chi connectivity index (χ2v) is 12.7. The van der Waals surface area contributed by atoms with Gasteiger partial charge in [0.15, 0.2) is 24.6 Å². The first-order valence-corrected chi connectivity index (χ1v) is 14.2. The van der Waals surface area contributed by atoms with Crippen molar-refractivity contribution >= 4 is 29.7 Å². The standard InChI is InChI=1S/C29H40O11/c1-14(30)35-13-22-23(37-15(2)31)24(38-16(3)32)25(39-17(4)33)26(40-22)36-12-19-9-21(34)20-11-27(5)18-7-8-29(19,10-18)28(20,27)6/h18-20,22-26H,7-13H2,1-6H3/t18-,19+,20-,22-,23-,24+,25-,26-,27+,28+,29+/m0/s1. The molecule has 0 aromatic rings. The van der Waals surface area contributed by atoms with Gasteiger partial charge < -0.3 is 28.4 Å².